The van der Waals surface area contributed by atoms with E-state index < -0.39 is 0 Å². The van der Waals surface area contributed by atoms with E-state index in [9.17, 15) is 0 Å². The minimum absolute atomic E-state index is 0.218. The van der Waals surface area contributed by atoms with Crippen molar-refractivity contribution in [2.24, 2.45) is 11.3 Å². The highest BCUT2D eigenvalue weighted by molar-refractivity contribution is 5.21. The fraction of sp³-hybridized carbons (Fsp3) is 0.692. The summed E-state index contributed by atoms with van der Waals surface area (Å²) in [5.41, 5.74) is 1.79. The zero-order chi connectivity index (χ0) is 10.8. The maximum Gasteiger partial charge on any atom is 0.0546 e. The van der Waals surface area contributed by atoms with Gasteiger partial charge in [0.1, 0.15) is 0 Å². The molecule has 0 aliphatic heterocycles. The Labute approximate surface area is 87.5 Å². The molecular weight excluding hydrogens is 172 g/mol. The van der Waals surface area contributed by atoms with Gasteiger partial charge in [0, 0.05) is 0 Å². The van der Waals surface area contributed by atoms with E-state index in [0.29, 0.717) is 11.3 Å². The van der Waals surface area contributed by atoms with E-state index in [0.717, 1.165) is 12.8 Å². The average Bonchev–Trinajstić information content (AvgIpc) is 2.30. The Morgan fingerprint density at radius 3 is 2.71 bits per heavy atom. The fourth-order valence-electron chi connectivity index (χ4n) is 1.91. The molecule has 1 aliphatic rings. The third kappa shape index (κ3) is 2.48. The first kappa shape index (κ1) is 11.5. The van der Waals surface area contributed by atoms with Crippen LogP contribution in [0.1, 0.15) is 40.5 Å². The van der Waals surface area contributed by atoms with Crippen LogP contribution in [0.15, 0.2) is 23.8 Å². The number of aliphatic hydroxyl groups is 1. The van der Waals surface area contributed by atoms with Crippen molar-refractivity contribution < 1.29 is 5.11 Å². The molecule has 1 rings (SSSR count). The molecule has 0 saturated heterocycles. The zero-order valence-corrected chi connectivity index (χ0v) is 9.75. The average molecular weight is 194 g/mol. The maximum atomic E-state index is 9.14. The van der Waals surface area contributed by atoms with Crippen molar-refractivity contribution in [2.45, 2.75) is 46.6 Å². The van der Waals surface area contributed by atoms with E-state index in [1.807, 2.05) is 6.92 Å². The molecule has 0 aromatic rings. The van der Waals surface area contributed by atoms with Gasteiger partial charge in [-0.05, 0) is 38.0 Å². The van der Waals surface area contributed by atoms with E-state index in [2.05, 4.69) is 39.0 Å². The van der Waals surface area contributed by atoms with Gasteiger partial charge in [-0.2, -0.15) is 0 Å². The van der Waals surface area contributed by atoms with Crippen molar-refractivity contribution in [2.75, 3.05) is 0 Å². The fourth-order valence-corrected chi connectivity index (χ4v) is 1.91. The van der Waals surface area contributed by atoms with Crippen LogP contribution in [0.2, 0.25) is 0 Å². The first-order valence-corrected chi connectivity index (χ1v) is 5.46. The minimum Gasteiger partial charge on any atom is -0.393 e. The van der Waals surface area contributed by atoms with Gasteiger partial charge in [-0.25, -0.2) is 0 Å². The zero-order valence-electron chi connectivity index (χ0n) is 9.75. The first-order chi connectivity index (χ1) is 6.44. The molecule has 0 bridgehead atoms. The normalized spacial score (nSPS) is 28.1. The van der Waals surface area contributed by atoms with E-state index in [-0.39, 0.29) is 6.10 Å². The van der Waals surface area contributed by atoms with Crippen LogP contribution in [-0.2, 0) is 0 Å². The summed E-state index contributed by atoms with van der Waals surface area (Å²) in [4.78, 5) is 0. The van der Waals surface area contributed by atoms with Gasteiger partial charge in [0.25, 0.3) is 0 Å². The van der Waals surface area contributed by atoms with Crippen molar-refractivity contribution in [3.05, 3.63) is 23.8 Å². The lowest BCUT2D eigenvalue weighted by Gasteiger charge is -2.27. The van der Waals surface area contributed by atoms with Crippen LogP contribution < -0.4 is 0 Å². The van der Waals surface area contributed by atoms with E-state index >= 15 is 0 Å². The Kier molecular flexibility index (Phi) is 3.54. The SMILES string of the molecule is CC1=CCC(C=CCC(C)O)C1(C)C. The molecule has 0 aromatic heterocycles. The van der Waals surface area contributed by atoms with Gasteiger partial charge < -0.3 is 5.11 Å². The topological polar surface area (TPSA) is 20.2 Å². The Morgan fingerprint density at radius 2 is 2.29 bits per heavy atom. The quantitative estimate of drug-likeness (QED) is 0.683. The Hall–Kier alpha value is -0.560. The number of allylic oxidation sites excluding steroid dienone is 3. The molecule has 0 saturated carbocycles. The molecular formula is C13H22O. The third-order valence-electron chi connectivity index (χ3n) is 3.47. The van der Waals surface area contributed by atoms with Gasteiger partial charge in [-0.1, -0.05) is 37.6 Å². The first-order valence-electron chi connectivity index (χ1n) is 5.46. The van der Waals surface area contributed by atoms with Crippen LogP contribution >= 0.6 is 0 Å². The van der Waals surface area contributed by atoms with Crippen LogP contribution in [0, 0.1) is 11.3 Å². The van der Waals surface area contributed by atoms with Crippen LogP contribution in [0.25, 0.3) is 0 Å². The molecule has 0 fully saturated rings. The second-order valence-corrected chi connectivity index (χ2v) is 4.96. The number of hydrogen-bond donors (Lipinski definition) is 1. The molecule has 0 heterocycles. The lowest BCUT2D eigenvalue weighted by molar-refractivity contribution is 0.198. The third-order valence-corrected chi connectivity index (χ3v) is 3.47. The van der Waals surface area contributed by atoms with Gasteiger partial charge in [-0.15, -0.1) is 0 Å². The lowest BCUT2D eigenvalue weighted by Crippen LogP contribution is -2.18. The van der Waals surface area contributed by atoms with Gasteiger partial charge in [0.15, 0.2) is 0 Å². The Bertz CT molecular complexity index is 246. The van der Waals surface area contributed by atoms with E-state index in [1.54, 1.807) is 0 Å². The summed E-state index contributed by atoms with van der Waals surface area (Å²) in [6.45, 7) is 8.63. The molecule has 1 aliphatic carbocycles. The maximum absolute atomic E-state index is 9.14. The molecule has 0 amide bonds. The minimum atomic E-state index is -0.218. The monoisotopic (exact) mass is 194 g/mol. The molecule has 2 unspecified atom stereocenters. The summed E-state index contributed by atoms with van der Waals surface area (Å²) < 4.78 is 0. The molecule has 1 N–H and O–H groups in total. The van der Waals surface area contributed by atoms with Crippen molar-refractivity contribution >= 4 is 0 Å². The highest BCUT2D eigenvalue weighted by Crippen LogP contribution is 2.43. The summed E-state index contributed by atoms with van der Waals surface area (Å²) in [6.07, 6.45) is 8.41. The second kappa shape index (κ2) is 4.31. The smallest absolute Gasteiger partial charge is 0.0546 e. The molecule has 0 radical (unpaired) electrons. The Morgan fingerprint density at radius 1 is 1.64 bits per heavy atom. The number of aliphatic hydroxyl groups excluding tert-OH is 1. The predicted octanol–water partition coefficient (Wildman–Crippen LogP) is 3.31. The molecule has 80 valence electrons. The van der Waals surface area contributed by atoms with Gasteiger partial charge in [0.2, 0.25) is 0 Å². The standard InChI is InChI=1S/C13H22O/c1-10-8-9-12(13(10,3)4)7-5-6-11(2)14/h5,7-8,11-12,14H,6,9H2,1-4H3. The summed E-state index contributed by atoms with van der Waals surface area (Å²) in [7, 11) is 0. The van der Waals surface area contributed by atoms with Crippen molar-refractivity contribution in [3.63, 3.8) is 0 Å². The van der Waals surface area contributed by atoms with Crippen molar-refractivity contribution in [1.29, 1.82) is 0 Å². The molecule has 0 spiro atoms. The Balaban J connectivity index is 2.53. The van der Waals surface area contributed by atoms with Crippen LogP contribution in [0.5, 0.6) is 0 Å². The van der Waals surface area contributed by atoms with Crippen molar-refractivity contribution in [1.82, 2.24) is 0 Å². The number of rotatable bonds is 3. The predicted molar refractivity (Wildman–Crippen MR) is 61.1 cm³/mol. The van der Waals surface area contributed by atoms with Gasteiger partial charge in [-0.3, -0.25) is 0 Å². The van der Waals surface area contributed by atoms with Crippen LogP contribution in [-0.4, -0.2) is 11.2 Å². The van der Waals surface area contributed by atoms with E-state index in [4.69, 9.17) is 5.11 Å². The number of hydrogen-bond acceptors (Lipinski definition) is 1. The largest absolute Gasteiger partial charge is 0.393 e. The van der Waals surface area contributed by atoms with Crippen LogP contribution in [0.3, 0.4) is 0 Å². The molecule has 1 heteroatoms. The van der Waals surface area contributed by atoms with Crippen molar-refractivity contribution in [3.8, 4) is 0 Å². The summed E-state index contributed by atoms with van der Waals surface area (Å²) in [6, 6.07) is 0. The molecule has 14 heavy (non-hydrogen) atoms. The van der Waals surface area contributed by atoms with Gasteiger partial charge in [0.05, 0.1) is 6.10 Å². The second-order valence-electron chi connectivity index (χ2n) is 4.96. The molecule has 0 aromatic carbocycles. The molecule has 2 atom stereocenters. The lowest BCUT2D eigenvalue weighted by atomic mass is 9.77. The molecule has 1 nitrogen and oxygen atoms in total. The van der Waals surface area contributed by atoms with Gasteiger partial charge >= 0.3 is 0 Å². The highest BCUT2D eigenvalue weighted by atomic mass is 16.3. The van der Waals surface area contributed by atoms with Crippen LogP contribution in [0.4, 0.5) is 0 Å². The summed E-state index contributed by atoms with van der Waals surface area (Å²) >= 11 is 0. The summed E-state index contributed by atoms with van der Waals surface area (Å²) in [5, 5.41) is 9.14. The highest BCUT2D eigenvalue weighted by Gasteiger charge is 2.32. The summed E-state index contributed by atoms with van der Waals surface area (Å²) in [5.74, 6) is 0.612. The van der Waals surface area contributed by atoms with E-state index in [1.165, 1.54) is 5.57 Å².